The predicted octanol–water partition coefficient (Wildman–Crippen LogP) is 5.20. The van der Waals surface area contributed by atoms with Crippen molar-refractivity contribution >= 4 is 23.0 Å². The Labute approximate surface area is 166 Å². The van der Waals surface area contributed by atoms with E-state index in [1.54, 1.807) is 17.2 Å². The Morgan fingerprint density at radius 2 is 1.79 bits per heavy atom. The van der Waals surface area contributed by atoms with Gasteiger partial charge in [0.15, 0.2) is 0 Å². The second kappa shape index (κ2) is 9.04. The van der Waals surface area contributed by atoms with Crippen LogP contribution < -0.4 is 15.0 Å². The van der Waals surface area contributed by atoms with E-state index in [-0.39, 0.29) is 5.91 Å². The molecule has 0 aliphatic carbocycles. The molecule has 0 aliphatic rings. The van der Waals surface area contributed by atoms with Gasteiger partial charge in [0.1, 0.15) is 11.4 Å². The van der Waals surface area contributed by atoms with Crippen LogP contribution in [0.15, 0.2) is 66.9 Å². The van der Waals surface area contributed by atoms with Crippen molar-refractivity contribution in [3.05, 3.63) is 78.1 Å². The molecule has 0 unspecified atom stereocenters. The van der Waals surface area contributed by atoms with Crippen LogP contribution >= 0.6 is 0 Å². The highest BCUT2D eigenvalue weighted by molar-refractivity contribution is 6.04. The van der Waals surface area contributed by atoms with Crippen molar-refractivity contribution in [1.82, 2.24) is 4.98 Å². The molecular formula is C23H25N3O2. The van der Waals surface area contributed by atoms with Gasteiger partial charge in [0.25, 0.3) is 5.91 Å². The van der Waals surface area contributed by atoms with Crippen molar-refractivity contribution in [2.75, 3.05) is 23.4 Å². The number of hydrogen-bond acceptors (Lipinski definition) is 4. The summed E-state index contributed by atoms with van der Waals surface area (Å²) in [4.78, 5) is 19.0. The number of carbonyl (C=O) groups excluding carboxylic acids is 1. The van der Waals surface area contributed by atoms with Crippen LogP contribution in [0.5, 0.6) is 5.75 Å². The lowest BCUT2D eigenvalue weighted by Crippen LogP contribution is -2.31. The molecule has 0 radical (unpaired) electrons. The zero-order chi connectivity index (χ0) is 19.9. The van der Waals surface area contributed by atoms with E-state index in [2.05, 4.69) is 10.3 Å². The highest BCUT2D eigenvalue weighted by Gasteiger charge is 2.17. The smallest absolute Gasteiger partial charge is 0.276 e. The summed E-state index contributed by atoms with van der Waals surface area (Å²) < 4.78 is 5.45. The molecule has 1 heterocycles. The van der Waals surface area contributed by atoms with Crippen LogP contribution in [-0.4, -0.2) is 24.0 Å². The Morgan fingerprint density at radius 1 is 1.04 bits per heavy atom. The largest absolute Gasteiger partial charge is 0.494 e. The molecule has 28 heavy (non-hydrogen) atoms. The van der Waals surface area contributed by atoms with Crippen LogP contribution in [0, 0.1) is 6.92 Å². The Hall–Kier alpha value is -3.34. The number of aromatic nitrogens is 1. The van der Waals surface area contributed by atoms with E-state index in [9.17, 15) is 4.79 Å². The molecule has 0 saturated carbocycles. The molecular weight excluding hydrogens is 350 g/mol. The van der Waals surface area contributed by atoms with Gasteiger partial charge in [-0.3, -0.25) is 4.79 Å². The molecule has 0 atom stereocenters. The zero-order valence-corrected chi connectivity index (χ0v) is 16.5. The lowest BCUT2D eigenvalue weighted by molar-refractivity contribution is 0.0983. The van der Waals surface area contributed by atoms with Gasteiger partial charge in [-0.05, 0) is 74.9 Å². The molecule has 1 amide bonds. The van der Waals surface area contributed by atoms with Gasteiger partial charge in [-0.15, -0.1) is 0 Å². The SMILES string of the molecule is CCOc1ccc(Nc2ccc(C(=O)N(CC)c3cccc(C)c3)nc2)cc1. The molecule has 3 rings (SSSR count). The maximum absolute atomic E-state index is 12.9. The number of rotatable bonds is 7. The summed E-state index contributed by atoms with van der Waals surface area (Å²) in [5.74, 6) is 0.726. The van der Waals surface area contributed by atoms with Gasteiger partial charge < -0.3 is 15.0 Å². The topological polar surface area (TPSA) is 54.5 Å². The summed E-state index contributed by atoms with van der Waals surface area (Å²) in [5.41, 5.74) is 4.16. The number of benzene rings is 2. The Morgan fingerprint density at radius 3 is 2.39 bits per heavy atom. The maximum Gasteiger partial charge on any atom is 0.276 e. The minimum absolute atomic E-state index is 0.110. The van der Waals surface area contributed by atoms with E-state index in [0.717, 1.165) is 28.4 Å². The standard InChI is InChI=1S/C23H25N3O2/c1-4-26(20-8-6-7-17(3)15-20)23(27)22-14-11-19(16-24-22)25-18-9-12-21(13-10-18)28-5-2/h6-16,25H,4-5H2,1-3H3. The third kappa shape index (κ3) is 4.68. The molecule has 0 spiro atoms. The number of aryl methyl sites for hydroxylation is 1. The highest BCUT2D eigenvalue weighted by atomic mass is 16.5. The molecule has 5 nitrogen and oxygen atoms in total. The van der Waals surface area contributed by atoms with Crippen LogP contribution in [-0.2, 0) is 0 Å². The van der Waals surface area contributed by atoms with E-state index in [0.29, 0.717) is 18.8 Å². The lowest BCUT2D eigenvalue weighted by atomic mass is 10.2. The molecule has 0 aliphatic heterocycles. The Kier molecular flexibility index (Phi) is 6.27. The van der Waals surface area contributed by atoms with Crippen molar-refractivity contribution in [3.63, 3.8) is 0 Å². The molecule has 3 aromatic rings. The maximum atomic E-state index is 12.9. The fourth-order valence-electron chi connectivity index (χ4n) is 2.94. The monoisotopic (exact) mass is 375 g/mol. The van der Waals surface area contributed by atoms with Crippen molar-refractivity contribution < 1.29 is 9.53 Å². The molecule has 144 valence electrons. The lowest BCUT2D eigenvalue weighted by Gasteiger charge is -2.21. The first-order valence-electron chi connectivity index (χ1n) is 9.45. The number of ether oxygens (including phenoxy) is 1. The van der Waals surface area contributed by atoms with Crippen LogP contribution in [0.2, 0.25) is 0 Å². The van der Waals surface area contributed by atoms with E-state index in [1.165, 1.54) is 0 Å². The normalized spacial score (nSPS) is 10.4. The summed E-state index contributed by atoms with van der Waals surface area (Å²) >= 11 is 0. The van der Waals surface area contributed by atoms with Gasteiger partial charge in [-0.25, -0.2) is 4.98 Å². The molecule has 5 heteroatoms. The summed E-state index contributed by atoms with van der Waals surface area (Å²) in [6, 6.07) is 19.2. The van der Waals surface area contributed by atoms with E-state index in [4.69, 9.17) is 4.74 Å². The molecule has 2 aromatic carbocycles. The summed E-state index contributed by atoms with van der Waals surface area (Å²) in [7, 11) is 0. The number of nitrogens with zero attached hydrogens (tertiary/aromatic N) is 2. The average molecular weight is 375 g/mol. The molecule has 0 fully saturated rings. The number of amides is 1. The first-order chi connectivity index (χ1) is 13.6. The van der Waals surface area contributed by atoms with Gasteiger partial charge in [0.2, 0.25) is 0 Å². The molecule has 1 N–H and O–H groups in total. The fourth-order valence-corrected chi connectivity index (χ4v) is 2.94. The summed E-state index contributed by atoms with van der Waals surface area (Å²) in [6.07, 6.45) is 1.67. The minimum Gasteiger partial charge on any atom is -0.494 e. The molecule has 0 bridgehead atoms. The second-order valence-electron chi connectivity index (χ2n) is 6.40. The van der Waals surface area contributed by atoms with Gasteiger partial charge in [0, 0.05) is 17.9 Å². The average Bonchev–Trinajstić information content (AvgIpc) is 2.71. The number of pyridine rings is 1. The second-order valence-corrected chi connectivity index (χ2v) is 6.40. The van der Waals surface area contributed by atoms with Gasteiger partial charge in [0.05, 0.1) is 18.5 Å². The zero-order valence-electron chi connectivity index (χ0n) is 16.5. The highest BCUT2D eigenvalue weighted by Crippen LogP contribution is 2.21. The van der Waals surface area contributed by atoms with Crippen LogP contribution in [0.3, 0.4) is 0 Å². The molecule has 0 saturated heterocycles. The van der Waals surface area contributed by atoms with Gasteiger partial charge >= 0.3 is 0 Å². The minimum atomic E-state index is -0.110. The van der Waals surface area contributed by atoms with Crippen molar-refractivity contribution in [2.45, 2.75) is 20.8 Å². The first-order valence-corrected chi connectivity index (χ1v) is 9.45. The Bertz CT molecular complexity index is 921. The summed E-state index contributed by atoms with van der Waals surface area (Å²) in [6.45, 7) is 7.16. The van der Waals surface area contributed by atoms with Crippen LogP contribution in [0.25, 0.3) is 0 Å². The molecule has 1 aromatic heterocycles. The van der Waals surface area contributed by atoms with Crippen LogP contribution in [0.1, 0.15) is 29.9 Å². The van der Waals surface area contributed by atoms with E-state index < -0.39 is 0 Å². The number of carbonyl (C=O) groups is 1. The van der Waals surface area contributed by atoms with Crippen molar-refractivity contribution in [1.29, 1.82) is 0 Å². The third-order valence-electron chi connectivity index (χ3n) is 4.31. The van der Waals surface area contributed by atoms with E-state index in [1.807, 2.05) is 75.4 Å². The van der Waals surface area contributed by atoms with Crippen molar-refractivity contribution in [2.24, 2.45) is 0 Å². The number of anilines is 3. The quantitative estimate of drug-likeness (QED) is 0.617. The first kappa shape index (κ1) is 19.4. The summed E-state index contributed by atoms with van der Waals surface area (Å²) in [5, 5.41) is 3.28. The Balaban J connectivity index is 1.71. The van der Waals surface area contributed by atoms with Crippen molar-refractivity contribution in [3.8, 4) is 5.75 Å². The third-order valence-corrected chi connectivity index (χ3v) is 4.31. The fraction of sp³-hybridized carbons (Fsp3) is 0.217. The van der Waals surface area contributed by atoms with Gasteiger partial charge in [-0.1, -0.05) is 12.1 Å². The van der Waals surface area contributed by atoms with Crippen LogP contribution in [0.4, 0.5) is 17.1 Å². The van der Waals surface area contributed by atoms with Gasteiger partial charge in [-0.2, -0.15) is 0 Å². The predicted molar refractivity (Wildman–Crippen MR) is 114 cm³/mol. The number of nitrogens with one attached hydrogen (secondary N) is 1. The van der Waals surface area contributed by atoms with E-state index >= 15 is 0 Å². The number of hydrogen-bond donors (Lipinski definition) is 1.